The van der Waals surface area contributed by atoms with E-state index in [4.69, 9.17) is 9.72 Å². The maximum Gasteiger partial charge on any atom is 0.209 e. The minimum atomic E-state index is 0.874. The van der Waals surface area contributed by atoms with E-state index in [-0.39, 0.29) is 0 Å². The van der Waals surface area contributed by atoms with Crippen molar-refractivity contribution in [1.29, 1.82) is 0 Å². The summed E-state index contributed by atoms with van der Waals surface area (Å²) >= 11 is 0. The zero-order valence-corrected chi connectivity index (χ0v) is 16.9. The Labute approximate surface area is 172 Å². The first-order chi connectivity index (χ1) is 14.4. The molecule has 6 heteroatoms. The van der Waals surface area contributed by atoms with Crippen molar-refractivity contribution in [2.75, 3.05) is 51.0 Å². The topological polar surface area (TPSA) is 36.8 Å². The third-order valence-corrected chi connectivity index (χ3v) is 5.90. The van der Waals surface area contributed by atoms with Crippen LogP contribution < -0.4 is 4.90 Å². The van der Waals surface area contributed by atoms with E-state index in [1.54, 1.807) is 0 Å². The maximum atomic E-state index is 5.47. The molecule has 0 radical (unpaired) electrons. The molecule has 0 atom stereocenters. The molecule has 5 rings (SSSR count). The van der Waals surface area contributed by atoms with E-state index in [1.165, 1.54) is 17.5 Å². The lowest BCUT2D eigenvalue weighted by atomic mass is 10.2. The predicted molar refractivity (Wildman–Crippen MR) is 116 cm³/mol. The Morgan fingerprint density at radius 3 is 2.45 bits per heavy atom. The van der Waals surface area contributed by atoms with Gasteiger partial charge in [-0.2, -0.15) is 0 Å². The molecular formula is C23H29N5O. The van der Waals surface area contributed by atoms with Crippen LogP contribution in [0.2, 0.25) is 0 Å². The van der Waals surface area contributed by atoms with Crippen LogP contribution in [-0.2, 0) is 18.0 Å². The summed E-state index contributed by atoms with van der Waals surface area (Å²) < 4.78 is 7.84. The van der Waals surface area contributed by atoms with Gasteiger partial charge in [-0.1, -0.05) is 42.5 Å². The third-order valence-electron chi connectivity index (χ3n) is 5.90. The summed E-state index contributed by atoms with van der Waals surface area (Å²) in [5, 5.41) is 0. The van der Waals surface area contributed by atoms with E-state index in [0.29, 0.717) is 0 Å². The highest BCUT2D eigenvalue weighted by Crippen LogP contribution is 2.28. The van der Waals surface area contributed by atoms with Crippen LogP contribution >= 0.6 is 0 Å². The molecular weight excluding hydrogens is 362 g/mol. The molecule has 1 saturated heterocycles. The fraction of sp³-hybridized carbons (Fsp3) is 0.435. The zero-order valence-electron chi connectivity index (χ0n) is 16.9. The number of hydrogen-bond acceptors (Lipinski definition) is 5. The third kappa shape index (κ3) is 4.15. The van der Waals surface area contributed by atoms with Gasteiger partial charge in [0, 0.05) is 26.2 Å². The van der Waals surface area contributed by atoms with Crippen molar-refractivity contribution in [3.05, 3.63) is 60.2 Å². The Bertz CT molecular complexity index is 935. The molecule has 0 aliphatic carbocycles. The van der Waals surface area contributed by atoms with E-state index in [0.717, 1.165) is 70.7 Å². The molecule has 6 nitrogen and oxygen atoms in total. The second-order valence-electron chi connectivity index (χ2n) is 8.00. The van der Waals surface area contributed by atoms with Crippen molar-refractivity contribution in [2.45, 2.75) is 19.6 Å². The Hall–Kier alpha value is -2.41. The standard InChI is InChI=1S/C23H29N5O/c1-2-7-20(8-3-1)17-27-18-26(12-6-11-25-13-15-29-16-14-25)19-28-22-10-5-4-9-21(22)24-23(27)28/h1-5,7-10H,6,11-19H2. The van der Waals surface area contributed by atoms with Crippen LogP contribution in [0.5, 0.6) is 0 Å². The SMILES string of the molecule is c1ccc(CN2CN(CCCN3CCOCC3)Cn3c2nc2ccccc23)cc1. The zero-order chi connectivity index (χ0) is 19.5. The van der Waals surface area contributed by atoms with Crippen LogP contribution in [0.4, 0.5) is 5.95 Å². The van der Waals surface area contributed by atoms with Gasteiger partial charge in [0.05, 0.1) is 37.6 Å². The normalized spacial score (nSPS) is 18.3. The Kier molecular flexibility index (Phi) is 5.47. The molecule has 3 aromatic rings. The second-order valence-corrected chi connectivity index (χ2v) is 8.00. The van der Waals surface area contributed by atoms with Gasteiger partial charge in [-0.3, -0.25) is 14.4 Å². The lowest BCUT2D eigenvalue weighted by molar-refractivity contribution is 0.0354. The highest BCUT2D eigenvalue weighted by Gasteiger charge is 2.26. The predicted octanol–water partition coefficient (Wildman–Crippen LogP) is 3.00. The fourth-order valence-corrected chi connectivity index (χ4v) is 4.40. The number of ether oxygens (including phenoxy) is 1. The summed E-state index contributed by atoms with van der Waals surface area (Å²) in [6, 6.07) is 19.2. The Balaban J connectivity index is 1.33. The van der Waals surface area contributed by atoms with E-state index in [9.17, 15) is 0 Å². The minimum Gasteiger partial charge on any atom is -0.379 e. The van der Waals surface area contributed by atoms with Gasteiger partial charge in [-0.05, 0) is 30.7 Å². The molecule has 1 fully saturated rings. The summed E-state index contributed by atoms with van der Waals surface area (Å²) in [7, 11) is 0. The van der Waals surface area contributed by atoms with Gasteiger partial charge in [-0.15, -0.1) is 0 Å². The van der Waals surface area contributed by atoms with Crippen molar-refractivity contribution in [2.24, 2.45) is 0 Å². The molecule has 0 amide bonds. The van der Waals surface area contributed by atoms with Crippen LogP contribution in [0, 0.1) is 0 Å². The number of rotatable bonds is 6. The first-order valence-corrected chi connectivity index (χ1v) is 10.6. The summed E-state index contributed by atoms with van der Waals surface area (Å²) in [6.45, 7) is 8.82. The Morgan fingerprint density at radius 2 is 1.59 bits per heavy atom. The second kappa shape index (κ2) is 8.53. The maximum absolute atomic E-state index is 5.47. The van der Waals surface area contributed by atoms with Crippen LogP contribution in [0.1, 0.15) is 12.0 Å². The number of aromatic nitrogens is 2. The van der Waals surface area contributed by atoms with Crippen molar-refractivity contribution in [3.8, 4) is 0 Å². The van der Waals surface area contributed by atoms with Crippen LogP contribution in [0.25, 0.3) is 11.0 Å². The molecule has 0 N–H and O–H groups in total. The van der Waals surface area contributed by atoms with E-state index in [1.807, 2.05) is 0 Å². The molecule has 0 spiro atoms. The van der Waals surface area contributed by atoms with Crippen molar-refractivity contribution in [3.63, 3.8) is 0 Å². The number of benzene rings is 2. The lowest BCUT2D eigenvalue weighted by Crippen LogP contribution is -2.46. The van der Waals surface area contributed by atoms with Crippen LogP contribution in [0.15, 0.2) is 54.6 Å². The van der Waals surface area contributed by atoms with E-state index < -0.39 is 0 Å². The van der Waals surface area contributed by atoms with Gasteiger partial charge >= 0.3 is 0 Å². The monoisotopic (exact) mass is 391 g/mol. The van der Waals surface area contributed by atoms with Gasteiger partial charge in [0.1, 0.15) is 0 Å². The lowest BCUT2D eigenvalue weighted by Gasteiger charge is -2.37. The number of anilines is 1. The van der Waals surface area contributed by atoms with E-state index >= 15 is 0 Å². The summed E-state index contributed by atoms with van der Waals surface area (Å²) in [6.07, 6.45) is 1.18. The number of fused-ring (bicyclic) bond motifs is 3. The van der Waals surface area contributed by atoms with Crippen molar-refractivity contribution >= 4 is 17.0 Å². The molecule has 0 bridgehead atoms. The summed E-state index contributed by atoms with van der Waals surface area (Å²) in [5.74, 6) is 1.08. The summed E-state index contributed by atoms with van der Waals surface area (Å²) in [4.78, 5) is 12.4. The molecule has 2 aromatic carbocycles. The van der Waals surface area contributed by atoms with Gasteiger partial charge in [0.25, 0.3) is 0 Å². The van der Waals surface area contributed by atoms with Gasteiger partial charge in [-0.25, -0.2) is 4.98 Å². The van der Waals surface area contributed by atoms with Gasteiger partial charge in [0.2, 0.25) is 5.95 Å². The highest BCUT2D eigenvalue weighted by molar-refractivity contribution is 5.79. The number of imidazole rings is 1. The largest absolute Gasteiger partial charge is 0.379 e. The molecule has 3 heterocycles. The molecule has 2 aliphatic heterocycles. The fourth-order valence-electron chi connectivity index (χ4n) is 4.40. The summed E-state index contributed by atoms with van der Waals surface area (Å²) in [5.41, 5.74) is 3.62. The van der Waals surface area contributed by atoms with Crippen LogP contribution in [-0.4, -0.2) is 65.4 Å². The average Bonchev–Trinajstić information content (AvgIpc) is 3.14. The van der Waals surface area contributed by atoms with E-state index in [2.05, 4.69) is 73.9 Å². The smallest absolute Gasteiger partial charge is 0.209 e. The molecule has 1 aromatic heterocycles. The van der Waals surface area contributed by atoms with Gasteiger partial charge in [0.15, 0.2) is 0 Å². The van der Waals surface area contributed by atoms with Crippen LogP contribution in [0.3, 0.4) is 0 Å². The molecule has 152 valence electrons. The molecule has 0 unspecified atom stereocenters. The quantitative estimate of drug-likeness (QED) is 0.646. The van der Waals surface area contributed by atoms with Gasteiger partial charge < -0.3 is 9.64 Å². The van der Waals surface area contributed by atoms with Crippen molar-refractivity contribution in [1.82, 2.24) is 19.4 Å². The number of hydrogen-bond donors (Lipinski definition) is 0. The Morgan fingerprint density at radius 1 is 0.828 bits per heavy atom. The number of morpholine rings is 1. The highest BCUT2D eigenvalue weighted by atomic mass is 16.5. The number of para-hydroxylation sites is 2. The average molecular weight is 392 g/mol. The number of nitrogens with zero attached hydrogens (tertiary/aromatic N) is 5. The first-order valence-electron chi connectivity index (χ1n) is 10.6. The first kappa shape index (κ1) is 18.6. The molecule has 0 saturated carbocycles. The molecule has 29 heavy (non-hydrogen) atoms. The minimum absolute atomic E-state index is 0.874. The van der Waals surface area contributed by atoms with Crippen molar-refractivity contribution < 1.29 is 4.74 Å². The molecule has 2 aliphatic rings.